The van der Waals surface area contributed by atoms with E-state index in [1.54, 1.807) is 30.5 Å². The fourth-order valence-electron chi connectivity index (χ4n) is 4.01. The van der Waals surface area contributed by atoms with Gasteiger partial charge < -0.3 is 5.32 Å². The zero-order chi connectivity index (χ0) is 22.7. The second-order valence-electron chi connectivity index (χ2n) is 8.03. The fourth-order valence-corrected chi connectivity index (χ4v) is 5.75. The Kier molecular flexibility index (Phi) is 6.43. The third-order valence-electron chi connectivity index (χ3n) is 5.77. The van der Waals surface area contributed by atoms with Crippen molar-refractivity contribution >= 4 is 21.6 Å². The van der Waals surface area contributed by atoms with Gasteiger partial charge in [0.05, 0.1) is 4.90 Å². The van der Waals surface area contributed by atoms with Crippen LogP contribution in [0.2, 0.25) is 0 Å². The van der Waals surface area contributed by atoms with Crippen molar-refractivity contribution in [3.8, 4) is 0 Å². The second kappa shape index (κ2) is 9.25. The molecular formula is C22H27N5O4S. The monoisotopic (exact) mass is 457 g/mol. The summed E-state index contributed by atoms with van der Waals surface area (Å²) in [4.78, 5) is 25.0. The highest BCUT2D eigenvalue weighted by Gasteiger charge is 2.31. The molecule has 0 aliphatic carbocycles. The highest BCUT2D eigenvalue weighted by molar-refractivity contribution is 7.89. The lowest BCUT2D eigenvalue weighted by Gasteiger charge is -2.32. The minimum absolute atomic E-state index is 0.0470. The lowest BCUT2D eigenvalue weighted by Crippen LogP contribution is -2.42. The number of amides is 1. The Morgan fingerprint density at radius 1 is 1.19 bits per heavy atom. The van der Waals surface area contributed by atoms with Crippen LogP contribution in [0.5, 0.6) is 0 Å². The van der Waals surface area contributed by atoms with Crippen LogP contribution in [-0.4, -0.2) is 51.9 Å². The first-order chi connectivity index (χ1) is 15.4. The summed E-state index contributed by atoms with van der Waals surface area (Å²) in [5.41, 5.74) is 0.639. The van der Waals surface area contributed by atoms with E-state index in [1.807, 2.05) is 13.0 Å². The number of sulfonamides is 1. The maximum absolute atomic E-state index is 13.0. The summed E-state index contributed by atoms with van der Waals surface area (Å²) in [7, 11) is -3.64. The molecule has 0 radical (unpaired) electrons. The Morgan fingerprint density at radius 2 is 2.03 bits per heavy atom. The molecule has 0 spiro atoms. The molecule has 1 aliphatic heterocycles. The van der Waals surface area contributed by atoms with Gasteiger partial charge in [-0.25, -0.2) is 17.9 Å². The molecule has 9 nitrogen and oxygen atoms in total. The van der Waals surface area contributed by atoms with Gasteiger partial charge in [-0.15, -0.1) is 5.10 Å². The van der Waals surface area contributed by atoms with Crippen LogP contribution in [-0.2, 0) is 16.6 Å². The van der Waals surface area contributed by atoms with Crippen LogP contribution in [0.4, 0.5) is 0 Å². The molecule has 1 N–H and O–H groups in total. The summed E-state index contributed by atoms with van der Waals surface area (Å²) in [6.45, 7) is 3.12. The molecule has 32 heavy (non-hydrogen) atoms. The Labute approximate surface area is 186 Å². The second-order valence-corrected chi connectivity index (χ2v) is 9.92. The van der Waals surface area contributed by atoms with Crippen molar-refractivity contribution in [3.63, 3.8) is 0 Å². The van der Waals surface area contributed by atoms with E-state index in [0.717, 1.165) is 19.3 Å². The molecule has 1 amide bonds. The molecule has 10 heteroatoms. The summed E-state index contributed by atoms with van der Waals surface area (Å²) < 4.78 is 30.5. The number of hydrogen-bond acceptors (Lipinski definition) is 5. The number of aryl methyl sites for hydroxylation is 1. The predicted octanol–water partition coefficient (Wildman–Crippen LogP) is 1.88. The van der Waals surface area contributed by atoms with Gasteiger partial charge in [0.25, 0.3) is 5.91 Å². The molecule has 170 valence electrons. The minimum atomic E-state index is -3.64. The molecule has 3 heterocycles. The summed E-state index contributed by atoms with van der Waals surface area (Å²) >= 11 is 0. The number of piperidine rings is 1. The Hall–Kier alpha value is -2.98. The topological polar surface area (TPSA) is 106 Å². The van der Waals surface area contributed by atoms with Crippen LogP contribution in [0.15, 0.2) is 58.4 Å². The van der Waals surface area contributed by atoms with Gasteiger partial charge in [0, 0.05) is 37.4 Å². The van der Waals surface area contributed by atoms with Gasteiger partial charge in [0.2, 0.25) is 10.0 Å². The zero-order valence-electron chi connectivity index (χ0n) is 18.0. The number of nitrogens with one attached hydrogen (secondary N) is 1. The Morgan fingerprint density at radius 3 is 2.81 bits per heavy atom. The summed E-state index contributed by atoms with van der Waals surface area (Å²) in [5.74, 6) is -0.351. The Balaban J connectivity index is 1.37. The van der Waals surface area contributed by atoms with Crippen molar-refractivity contribution in [3.05, 3.63) is 64.7 Å². The summed E-state index contributed by atoms with van der Waals surface area (Å²) in [5, 5.41) is 7.05. The van der Waals surface area contributed by atoms with E-state index in [9.17, 15) is 18.0 Å². The molecule has 1 saturated heterocycles. The van der Waals surface area contributed by atoms with Crippen molar-refractivity contribution in [2.24, 2.45) is 0 Å². The normalized spacial score (nSPS) is 17.5. The van der Waals surface area contributed by atoms with Crippen LogP contribution in [0.25, 0.3) is 5.65 Å². The smallest absolute Gasteiger partial charge is 0.350 e. The summed E-state index contributed by atoms with van der Waals surface area (Å²) in [6.07, 6.45) is 4.89. The maximum Gasteiger partial charge on any atom is 0.350 e. The predicted molar refractivity (Wildman–Crippen MR) is 120 cm³/mol. The van der Waals surface area contributed by atoms with E-state index < -0.39 is 10.0 Å². The van der Waals surface area contributed by atoms with Crippen LogP contribution in [0.3, 0.4) is 0 Å². The van der Waals surface area contributed by atoms with Crippen molar-refractivity contribution in [2.75, 3.05) is 13.1 Å². The van der Waals surface area contributed by atoms with E-state index >= 15 is 0 Å². The first-order valence-corrected chi connectivity index (χ1v) is 12.3. The van der Waals surface area contributed by atoms with Crippen LogP contribution in [0, 0.1) is 0 Å². The van der Waals surface area contributed by atoms with Crippen LogP contribution in [0.1, 0.15) is 43.0 Å². The number of carbonyl (C=O) groups excluding carboxylic acids is 1. The molecule has 3 aromatic rings. The van der Waals surface area contributed by atoms with E-state index in [0.29, 0.717) is 37.3 Å². The number of hydrogen-bond donors (Lipinski definition) is 1. The number of pyridine rings is 1. The average Bonchev–Trinajstić information content (AvgIpc) is 3.12. The highest BCUT2D eigenvalue weighted by atomic mass is 32.2. The van der Waals surface area contributed by atoms with Crippen LogP contribution >= 0.6 is 0 Å². The number of aromatic nitrogens is 3. The first kappa shape index (κ1) is 22.2. The molecular weight excluding hydrogens is 430 g/mol. The molecule has 1 aromatic carbocycles. The molecule has 0 saturated carbocycles. The highest BCUT2D eigenvalue weighted by Crippen LogP contribution is 2.25. The number of carbonyl (C=O) groups is 1. The first-order valence-electron chi connectivity index (χ1n) is 10.8. The van der Waals surface area contributed by atoms with E-state index in [4.69, 9.17) is 0 Å². The number of fused-ring (bicyclic) bond motifs is 1. The fraction of sp³-hybridized carbons (Fsp3) is 0.409. The standard InChI is InChI=1S/C22H27N5O4S/c1-17-8-2-5-15-27(17)32(30,31)19-10-6-9-18(16-19)21(28)23-12-7-14-26-22(29)25-13-4-3-11-20(25)24-26/h3-4,6,9-11,13,16-17H,2,5,7-8,12,14-15H2,1H3,(H,23,28). The quantitative estimate of drug-likeness (QED) is 0.546. The van der Waals surface area contributed by atoms with E-state index in [-0.39, 0.29) is 22.5 Å². The number of nitrogens with zero attached hydrogens (tertiary/aromatic N) is 4. The average molecular weight is 458 g/mol. The van der Waals surface area contributed by atoms with E-state index in [1.165, 1.54) is 25.5 Å². The largest absolute Gasteiger partial charge is 0.352 e. The van der Waals surface area contributed by atoms with Gasteiger partial charge in [0.1, 0.15) is 0 Å². The van der Waals surface area contributed by atoms with Gasteiger partial charge in [-0.2, -0.15) is 4.31 Å². The van der Waals surface area contributed by atoms with E-state index in [2.05, 4.69) is 10.4 Å². The molecule has 2 aromatic heterocycles. The maximum atomic E-state index is 13.0. The molecule has 4 rings (SSSR count). The SMILES string of the molecule is CC1CCCCN1S(=O)(=O)c1cccc(C(=O)NCCCn2nc3ccccn3c2=O)c1. The van der Waals surface area contributed by atoms with Gasteiger partial charge in [-0.3, -0.25) is 9.20 Å². The van der Waals surface area contributed by atoms with Crippen LogP contribution < -0.4 is 11.0 Å². The van der Waals surface area contributed by atoms with Crippen molar-refractivity contribution in [1.29, 1.82) is 0 Å². The number of benzene rings is 1. The van der Waals surface area contributed by atoms with Gasteiger partial charge in [-0.1, -0.05) is 18.6 Å². The van der Waals surface area contributed by atoms with Gasteiger partial charge in [0.15, 0.2) is 5.65 Å². The molecule has 0 bridgehead atoms. The zero-order valence-corrected chi connectivity index (χ0v) is 18.8. The molecule has 1 fully saturated rings. The van der Waals surface area contributed by atoms with Crippen molar-refractivity contribution in [1.82, 2.24) is 23.8 Å². The minimum Gasteiger partial charge on any atom is -0.352 e. The Bertz CT molecular complexity index is 1280. The lowest BCUT2D eigenvalue weighted by molar-refractivity contribution is 0.0952. The number of rotatable bonds is 7. The molecule has 1 aliphatic rings. The summed E-state index contributed by atoms with van der Waals surface area (Å²) in [6, 6.07) is 11.4. The van der Waals surface area contributed by atoms with Gasteiger partial charge >= 0.3 is 5.69 Å². The molecule has 1 atom stereocenters. The lowest BCUT2D eigenvalue weighted by atomic mass is 10.1. The molecule has 1 unspecified atom stereocenters. The van der Waals surface area contributed by atoms with Crippen molar-refractivity contribution < 1.29 is 13.2 Å². The van der Waals surface area contributed by atoms with Gasteiger partial charge in [-0.05, 0) is 56.5 Å². The third-order valence-corrected chi connectivity index (χ3v) is 7.78. The third kappa shape index (κ3) is 4.46. The van der Waals surface area contributed by atoms with Crippen molar-refractivity contribution in [2.45, 2.75) is 50.1 Å².